The predicted octanol–water partition coefficient (Wildman–Crippen LogP) is 5.96. The number of hydrogen-bond donors (Lipinski definition) is 1. The van der Waals surface area contributed by atoms with E-state index >= 15 is 0 Å². The summed E-state index contributed by atoms with van der Waals surface area (Å²) in [6, 6.07) is 5.88. The van der Waals surface area contributed by atoms with Gasteiger partial charge < -0.3 is 10.1 Å². The van der Waals surface area contributed by atoms with Crippen molar-refractivity contribution in [3.63, 3.8) is 0 Å². The van der Waals surface area contributed by atoms with Gasteiger partial charge in [-0.25, -0.2) is 0 Å². The molecule has 0 unspecified atom stereocenters. The standard InChI is InChI=1S/C21H32BrNO2/c1-5-6-13-25-19-12-7-15(14-18(19)22)20(24)23-17-10-8-16(9-11-17)21(2,3)4/h7,12,14,16-17H,5-6,8-11,13H2,1-4H3,(H,23,24). The maximum absolute atomic E-state index is 12.5. The molecule has 1 fully saturated rings. The van der Waals surface area contributed by atoms with Crippen LogP contribution in [-0.4, -0.2) is 18.6 Å². The highest BCUT2D eigenvalue weighted by molar-refractivity contribution is 9.10. The summed E-state index contributed by atoms with van der Waals surface area (Å²) >= 11 is 3.52. The molecule has 1 aliphatic rings. The van der Waals surface area contributed by atoms with Gasteiger partial charge in [-0.1, -0.05) is 34.1 Å². The number of halogens is 1. The topological polar surface area (TPSA) is 38.3 Å². The number of carbonyl (C=O) groups is 1. The summed E-state index contributed by atoms with van der Waals surface area (Å²) in [4.78, 5) is 12.5. The normalized spacial score (nSPS) is 21.0. The molecule has 1 N–H and O–H groups in total. The third kappa shape index (κ3) is 6.02. The molecule has 1 aromatic carbocycles. The Labute approximate surface area is 161 Å². The van der Waals surface area contributed by atoms with Crippen molar-refractivity contribution in [1.82, 2.24) is 5.32 Å². The van der Waals surface area contributed by atoms with Crippen LogP contribution in [0.2, 0.25) is 0 Å². The summed E-state index contributed by atoms with van der Waals surface area (Å²) < 4.78 is 6.57. The van der Waals surface area contributed by atoms with E-state index in [0.717, 1.165) is 41.8 Å². The maximum Gasteiger partial charge on any atom is 0.251 e. The largest absolute Gasteiger partial charge is 0.492 e. The number of amides is 1. The van der Waals surface area contributed by atoms with E-state index < -0.39 is 0 Å². The van der Waals surface area contributed by atoms with E-state index in [4.69, 9.17) is 4.74 Å². The summed E-state index contributed by atoms with van der Waals surface area (Å²) in [7, 11) is 0. The molecule has 3 nitrogen and oxygen atoms in total. The first-order chi connectivity index (χ1) is 11.8. The molecule has 140 valence electrons. The van der Waals surface area contributed by atoms with Gasteiger partial charge in [-0.2, -0.15) is 0 Å². The number of carbonyl (C=O) groups excluding carboxylic acids is 1. The molecule has 1 saturated carbocycles. The minimum atomic E-state index is 0.0139. The molecule has 0 bridgehead atoms. The third-order valence-electron chi connectivity index (χ3n) is 5.24. The molecule has 0 spiro atoms. The van der Waals surface area contributed by atoms with Crippen LogP contribution in [0.1, 0.15) is 76.6 Å². The highest BCUT2D eigenvalue weighted by Gasteiger charge is 2.30. The second kappa shape index (κ2) is 9.07. The van der Waals surface area contributed by atoms with Gasteiger partial charge in [-0.15, -0.1) is 0 Å². The first kappa shape index (κ1) is 20.3. The number of unbranched alkanes of at least 4 members (excludes halogenated alkanes) is 1. The van der Waals surface area contributed by atoms with Crippen LogP contribution in [0.5, 0.6) is 5.75 Å². The van der Waals surface area contributed by atoms with Crippen LogP contribution in [0.25, 0.3) is 0 Å². The molecule has 2 rings (SSSR count). The Morgan fingerprint density at radius 1 is 1.24 bits per heavy atom. The minimum absolute atomic E-state index is 0.0139. The zero-order chi connectivity index (χ0) is 18.4. The fourth-order valence-electron chi connectivity index (χ4n) is 3.46. The minimum Gasteiger partial charge on any atom is -0.492 e. The van der Waals surface area contributed by atoms with Crippen molar-refractivity contribution in [2.24, 2.45) is 11.3 Å². The predicted molar refractivity (Wildman–Crippen MR) is 107 cm³/mol. The summed E-state index contributed by atoms with van der Waals surface area (Å²) in [6.45, 7) is 9.80. The summed E-state index contributed by atoms with van der Waals surface area (Å²) in [5, 5.41) is 3.21. The van der Waals surface area contributed by atoms with Crippen molar-refractivity contribution < 1.29 is 9.53 Å². The van der Waals surface area contributed by atoms with Gasteiger partial charge in [0.15, 0.2) is 0 Å². The van der Waals surface area contributed by atoms with E-state index in [1.165, 1.54) is 12.8 Å². The number of benzene rings is 1. The van der Waals surface area contributed by atoms with E-state index in [1.54, 1.807) is 0 Å². The number of ether oxygens (including phenoxy) is 1. The molecule has 0 saturated heterocycles. The lowest BCUT2D eigenvalue weighted by Gasteiger charge is -2.37. The lowest BCUT2D eigenvalue weighted by atomic mass is 9.71. The lowest BCUT2D eigenvalue weighted by molar-refractivity contribution is 0.0904. The van der Waals surface area contributed by atoms with Crippen LogP contribution in [0.15, 0.2) is 22.7 Å². The monoisotopic (exact) mass is 409 g/mol. The van der Waals surface area contributed by atoms with Crippen molar-refractivity contribution >= 4 is 21.8 Å². The maximum atomic E-state index is 12.5. The summed E-state index contributed by atoms with van der Waals surface area (Å²) in [5.41, 5.74) is 1.06. The molecule has 1 aromatic rings. The molecule has 1 amide bonds. The van der Waals surface area contributed by atoms with Gasteiger partial charge in [0.1, 0.15) is 5.75 Å². The van der Waals surface area contributed by atoms with E-state index in [1.807, 2.05) is 18.2 Å². The number of rotatable bonds is 6. The van der Waals surface area contributed by atoms with Crippen molar-refractivity contribution in [1.29, 1.82) is 0 Å². The van der Waals surface area contributed by atoms with Crippen LogP contribution < -0.4 is 10.1 Å². The van der Waals surface area contributed by atoms with Crippen LogP contribution in [0.3, 0.4) is 0 Å². The lowest BCUT2D eigenvalue weighted by Crippen LogP contribution is -2.39. The quantitative estimate of drug-likeness (QED) is 0.588. The van der Waals surface area contributed by atoms with Crippen LogP contribution in [0.4, 0.5) is 0 Å². The highest BCUT2D eigenvalue weighted by Crippen LogP contribution is 2.37. The molecule has 0 atom stereocenters. The zero-order valence-electron chi connectivity index (χ0n) is 16.0. The van der Waals surface area contributed by atoms with Gasteiger partial charge >= 0.3 is 0 Å². The fraction of sp³-hybridized carbons (Fsp3) is 0.667. The van der Waals surface area contributed by atoms with Gasteiger partial charge in [0.25, 0.3) is 5.91 Å². The van der Waals surface area contributed by atoms with Gasteiger partial charge in [0.2, 0.25) is 0 Å². The van der Waals surface area contributed by atoms with E-state index in [0.29, 0.717) is 23.6 Å². The Morgan fingerprint density at radius 2 is 1.92 bits per heavy atom. The smallest absolute Gasteiger partial charge is 0.251 e. The number of hydrogen-bond acceptors (Lipinski definition) is 2. The molecule has 4 heteroatoms. The van der Waals surface area contributed by atoms with Crippen LogP contribution in [0, 0.1) is 11.3 Å². The molecule has 25 heavy (non-hydrogen) atoms. The SMILES string of the molecule is CCCCOc1ccc(C(=O)NC2CCC(C(C)(C)C)CC2)cc1Br. The van der Waals surface area contributed by atoms with E-state index in [2.05, 4.69) is 48.9 Å². The van der Waals surface area contributed by atoms with Crippen molar-refractivity contribution in [3.05, 3.63) is 28.2 Å². The summed E-state index contributed by atoms with van der Waals surface area (Å²) in [6.07, 6.45) is 6.69. The van der Waals surface area contributed by atoms with Crippen molar-refractivity contribution in [2.45, 2.75) is 72.3 Å². The van der Waals surface area contributed by atoms with Gasteiger partial charge in [0, 0.05) is 11.6 Å². The fourth-order valence-corrected chi connectivity index (χ4v) is 3.95. The first-order valence-electron chi connectivity index (χ1n) is 9.54. The Bertz CT molecular complexity index is 572. The van der Waals surface area contributed by atoms with Gasteiger partial charge in [-0.05, 0) is 77.6 Å². The van der Waals surface area contributed by atoms with Crippen molar-refractivity contribution in [2.75, 3.05) is 6.61 Å². The average Bonchev–Trinajstić information content (AvgIpc) is 2.56. The number of nitrogens with one attached hydrogen (secondary N) is 1. The van der Waals surface area contributed by atoms with E-state index in [9.17, 15) is 4.79 Å². The van der Waals surface area contributed by atoms with Crippen LogP contribution in [-0.2, 0) is 0 Å². The van der Waals surface area contributed by atoms with Crippen molar-refractivity contribution in [3.8, 4) is 5.75 Å². The van der Waals surface area contributed by atoms with Gasteiger partial charge in [-0.3, -0.25) is 4.79 Å². The van der Waals surface area contributed by atoms with Crippen LogP contribution >= 0.6 is 15.9 Å². The Kier molecular flexibility index (Phi) is 7.36. The Morgan fingerprint density at radius 3 is 2.48 bits per heavy atom. The third-order valence-corrected chi connectivity index (χ3v) is 5.86. The second-order valence-electron chi connectivity index (χ2n) is 8.24. The molecule has 0 heterocycles. The Hall–Kier alpha value is -1.03. The Balaban J connectivity index is 1.88. The molecule has 0 aliphatic heterocycles. The molecular weight excluding hydrogens is 378 g/mol. The second-order valence-corrected chi connectivity index (χ2v) is 9.09. The average molecular weight is 410 g/mol. The molecule has 1 aliphatic carbocycles. The zero-order valence-corrected chi connectivity index (χ0v) is 17.6. The first-order valence-corrected chi connectivity index (χ1v) is 10.3. The van der Waals surface area contributed by atoms with E-state index in [-0.39, 0.29) is 5.91 Å². The highest BCUT2D eigenvalue weighted by atomic mass is 79.9. The van der Waals surface area contributed by atoms with Gasteiger partial charge in [0.05, 0.1) is 11.1 Å². The summed E-state index contributed by atoms with van der Waals surface area (Å²) in [5.74, 6) is 1.57. The molecule has 0 radical (unpaired) electrons. The molecular formula is C21H32BrNO2. The molecule has 0 aromatic heterocycles.